The van der Waals surface area contributed by atoms with E-state index in [1.54, 1.807) is 0 Å². The number of benzene rings is 1. The van der Waals surface area contributed by atoms with Crippen LogP contribution in [0.25, 0.3) is 5.57 Å². The van der Waals surface area contributed by atoms with Crippen molar-refractivity contribution in [2.75, 3.05) is 0 Å². The number of hydrogen-bond acceptors (Lipinski definition) is 2. The van der Waals surface area contributed by atoms with Crippen LogP contribution in [0.2, 0.25) is 0 Å². The van der Waals surface area contributed by atoms with E-state index in [9.17, 15) is 0 Å². The minimum absolute atomic E-state index is 0.527. The Morgan fingerprint density at radius 1 is 1.29 bits per heavy atom. The van der Waals surface area contributed by atoms with Crippen LogP contribution in [-0.4, -0.2) is 10.2 Å². The summed E-state index contributed by atoms with van der Waals surface area (Å²) in [6, 6.07) is 12.4. The van der Waals surface area contributed by atoms with Gasteiger partial charge in [0.25, 0.3) is 0 Å². The molecule has 3 rings (SSSR count). The maximum atomic E-state index is 8.91. The first-order chi connectivity index (χ1) is 8.38. The van der Waals surface area contributed by atoms with Gasteiger partial charge in [0.15, 0.2) is 5.69 Å². The number of nitrogens with zero attached hydrogens (tertiary/aromatic N) is 2. The Kier molecular flexibility index (Phi) is 2.27. The van der Waals surface area contributed by atoms with Gasteiger partial charge in [0.1, 0.15) is 6.07 Å². The van der Waals surface area contributed by atoms with E-state index in [4.69, 9.17) is 5.26 Å². The van der Waals surface area contributed by atoms with Crippen LogP contribution in [0.15, 0.2) is 36.4 Å². The van der Waals surface area contributed by atoms with Crippen LogP contribution in [0.1, 0.15) is 22.5 Å². The first-order valence-corrected chi connectivity index (χ1v) is 5.59. The van der Waals surface area contributed by atoms with Crippen LogP contribution in [0.4, 0.5) is 0 Å². The van der Waals surface area contributed by atoms with Crippen LogP contribution >= 0.6 is 0 Å². The number of hydrogen-bond donors (Lipinski definition) is 1. The summed E-state index contributed by atoms with van der Waals surface area (Å²) in [5.74, 6) is 0. The van der Waals surface area contributed by atoms with E-state index in [0.29, 0.717) is 5.69 Å². The summed E-state index contributed by atoms with van der Waals surface area (Å²) in [6.07, 6.45) is 3.88. The molecule has 0 atom stereocenters. The molecule has 1 aliphatic rings. The number of allylic oxidation sites excluding steroid dienone is 2. The molecule has 0 aliphatic heterocycles. The van der Waals surface area contributed by atoms with Gasteiger partial charge in [0.05, 0.1) is 5.69 Å². The van der Waals surface area contributed by atoms with Crippen molar-refractivity contribution >= 4 is 5.57 Å². The van der Waals surface area contributed by atoms with Gasteiger partial charge in [-0.05, 0) is 24.0 Å². The molecule has 0 unspecified atom stereocenters. The average Bonchev–Trinajstić information content (AvgIpc) is 2.93. The van der Waals surface area contributed by atoms with Crippen LogP contribution in [0, 0.1) is 11.3 Å². The van der Waals surface area contributed by atoms with E-state index in [0.717, 1.165) is 24.1 Å². The van der Waals surface area contributed by atoms with Gasteiger partial charge >= 0.3 is 0 Å². The van der Waals surface area contributed by atoms with E-state index in [2.05, 4.69) is 34.5 Å². The minimum Gasteiger partial charge on any atom is -0.277 e. The predicted molar refractivity (Wildman–Crippen MR) is 65.1 cm³/mol. The highest BCUT2D eigenvalue weighted by molar-refractivity contribution is 5.73. The number of H-pyrrole nitrogens is 1. The molecule has 1 N–H and O–H groups in total. The van der Waals surface area contributed by atoms with Crippen molar-refractivity contribution in [1.29, 1.82) is 5.26 Å². The molecule has 0 radical (unpaired) electrons. The summed E-state index contributed by atoms with van der Waals surface area (Å²) >= 11 is 0. The Morgan fingerprint density at radius 3 is 2.88 bits per heavy atom. The number of rotatable bonds is 2. The van der Waals surface area contributed by atoms with Gasteiger partial charge in [-0.1, -0.05) is 36.4 Å². The lowest BCUT2D eigenvalue weighted by Gasteiger charge is -2.02. The summed E-state index contributed by atoms with van der Waals surface area (Å²) in [4.78, 5) is 0. The van der Waals surface area contributed by atoms with E-state index in [1.165, 1.54) is 11.1 Å². The predicted octanol–water partition coefficient (Wildman–Crippen LogP) is 2.46. The highest BCUT2D eigenvalue weighted by Gasteiger charge is 2.20. The quantitative estimate of drug-likeness (QED) is 0.846. The largest absolute Gasteiger partial charge is 0.277 e. The summed E-state index contributed by atoms with van der Waals surface area (Å²) in [7, 11) is 0. The Balaban J connectivity index is 1.90. The SMILES string of the molecule is N#Cc1n[nH]c2c1CC=C2Cc1ccccc1. The van der Waals surface area contributed by atoms with Gasteiger partial charge < -0.3 is 0 Å². The zero-order chi connectivity index (χ0) is 11.7. The van der Waals surface area contributed by atoms with Crippen molar-refractivity contribution in [2.24, 2.45) is 0 Å². The standard InChI is InChI=1S/C14H11N3/c15-9-13-12-7-6-11(14(12)17-16-13)8-10-4-2-1-3-5-10/h1-6H,7-8H2,(H,16,17). The molecule has 0 saturated carbocycles. The third-order valence-corrected chi connectivity index (χ3v) is 3.08. The summed E-state index contributed by atoms with van der Waals surface area (Å²) in [5, 5.41) is 15.9. The average molecular weight is 221 g/mol. The number of aromatic amines is 1. The van der Waals surface area contributed by atoms with Crippen molar-refractivity contribution in [3.8, 4) is 6.07 Å². The second-order valence-electron chi connectivity index (χ2n) is 4.13. The van der Waals surface area contributed by atoms with E-state index < -0.39 is 0 Å². The number of nitriles is 1. The second kappa shape index (κ2) is 3.91. The topological polar surface area (TPSA) is 52.5 Å². The Morgan fingerprint density at radius 2 is 2.12 bits per heavy atom. The molecular weight excluding hydrogens is 210 g/mol. The summed E-state index contributed by atoms with van der Waals surface area (Å²) < 4.78 is 0. The van der Waals surface area contributed by atoms with Crippen molar-refractivity contribution in [3.63, 3.8) is 0 Å². The molecular formula is C14H11N3. The van der Waals surface area contributed by atoms with Crippen LogP contribution in [0.5, 0.6) is 0 Å². The van der Waals surface area contributed by atoms with Gasteiger partial charge in [-0.15, -0.1) is 0 Å². The second-order valence-corrected chi connectivity index (χ2v) is 4.13. The molecule has 1 aromatic heterocycles. The van der Waals surface area contributed by atoms with Crippen molar-refractivity contribution < 1.29 is 0 Å². The molecule has 3 heteroatoms. The maximum Gasteiger partial charge on any atom is 0.166 e. The summed E-state index contributed by atoms with van der Waals surface area (Å²) in [5.41, 5.74) is 5.11. The molecule has 0 saturated heterocycles. The zero-order valence-corrected chi connectivity index (χ0v) is 9.27. The number of fused-ring (bicyclic) bond motifs is 1. The minimum atomic E-state index is 0.527. The van der Waals surface area contributed by atoms with Crippen molar-refractivity contribution in [2.45, 2.75) is 12.8 Å². The van der Waals surface area contributed by atoms with E-state index in [1.807, 2.05) is 18.2 Å². The van der Waals surface area contributed by atoms with Crippen molar-refractivity contribution in [3.05, 3.63) is 58.9 Å². The summed E-state index contributed by atoms with van der Waals surface area (Å²) in [6.45, 7) is 0. The van der Waals surface area contributed by atoms with E-state index >= 15 is 0 Å². The van der Waals surface area contributed by atoms with Gasteiger partial charge in [0, 0.05) is 5.56 Å². The molecule has 1 aromatic carbocycles. The number of aromatic nitrogens is 2. The number of nitrogens with one attached hydrogen (secondary N) is 1. The zero-order valence-electron chi connectivity index (χ0n) is 9.27. The smallest absolute Gasteiger partial charge is 0.166 e. The Labute approximate surface area is 99.4 Å². The molecule has 0 spiro atoms. The van der Waals surface area contributed by atoms with Crippen LogP contribution in [-0.2, 0) is 12.8 Å². The van der Waals surface area contributed by atoms with Gasteiger partial charge in [-0.25, -0.2) is 0 Å². The van der Waals surface area contributed by atoms with Gasteiger partial charge in [0.2, 0.25) is 0 Å². The fraction of sp³-hybridized carbons (Fsp3) is 0.143. The molecule has 0 amide bonds. The molecule has 3 nitrogen and oxygen atoms in total. The Hall–Kier alpha value is -2.34. The van der Waals surface area contributed by atoms with Crippen LogP contribution in [0.3, 0.4) is 0 Å². The van der Waals surface area contributed by atoms with Crippen LogP contribution < -0.4 is 0 Å². The molecule has 0 fully saturated rings. The fourth-order valence-corrected chi connectivity index (χ4v) is 2.23. The van der Waals surface area contributed by atoms with Gasteiger partial charge in [-0.2, -0.15) is 10.4 Å². The Bertz CT molecular complexity index is 615. The molecule has 1 heterocycles. The monoisotopic (exact) mass is 221 g/mol. The normalized spacial score (nSPS) is 13.0. The molecule has 0 bridgehead atoms. The molecule has 17 heavy (non-hydrogen) atoms. The molecule has 1 aliphatic carbocycles. The lowest BCUT2D eigenvalue weighted by atomic mass is 10.0. The fourth-order valence-electron chi connectivity index (χ4n) is 2.23. The van der Waals surface area contributed by atoms with Gasteiger partial charge in [-0.3, -0.25) is 5.10 Å². The van der Waals surface area contributed by atoms with Crippen molar-refractivity contribution in [1.82, 2.24) is 10.2 Å². The lowest BCUT2D eigenvalue weighted by Crippen LogP contribution is -1.89. The highest BCUT2D eigenvalue weighted by atomic mass is 15.1. The third-order valence-electron chi connectivity index (χ3n) is 3.08. The highest BCUT2D eigenvalue weighted by Crippen LogP contribution is 2.29. The third kappa shape index (κ3) is 1.64. The lowest BCUT2D eigenvalue weighted by molar-refractivity contribution is 1.05. The molecule has 82 valence electrons. The maximum absolute atomic E-state index is 8.91. The first-order valence-electron chi connectivity index (χ1n) is 5.59. The first kappa shape index (κ1) is 9.86. The molecule has 2 aromatic rings. The van der Waals surface area contributed by atoms with E-state index in [-0.39, 0.29) is 0 Å².